The molecular weight excluding hydrogens is 302 g/mol. The van der Waals surface area contributed by atoms with Crippen LogP contribution in [-0.4, -0.2) is 33.4 Å². The summed E-state index contributed by atoms with van der Waals surface area (Å²) in [7, 11) is 0. The summed E-state index contributed by atoms with van der Waals surface area (Å²) >= 11 is 0. The molecular formula is C15H17N3O5. The molecule has 2 aromatic rings. The van der Waals surface area contributed by atoms with E-state index >= 15 is 0 Å². The van der Waals surface area contributed by atoms with Crippen molar-refractivity contribution in [1.82, 2.24) is 9.47 Å². The molecule has 1 aliphatic heterocycles. The van der Waals surface area contributed by atoms with Gasteiger partial charge >= 0.3 is 5.76 Å². The van der Waals surface area contributed by atoms with Crippen LogP contribution in [0.2, 0.25) is 0 Å². The molecule has 0 saturated carbocycles. The highest BCUT2D eigenvalue weighted by Gasteiger charge is 2.18. The lowest BCUT2D eigenvalue weighted by Crippen LogP contribution is -2.27. The molecule has 0 aliphatic carbocycles. The van der Waals surface area contributed by atoms with Crippen LogP contribution in [0.3, 0.4) is 0 Å². The van der Waals surface area contributed by atoms with Gasteiger partial charge in [-0.2, -0.15) is 0 Å². The van der Waals surface area contributed by atoms with E-state index < -0.39 is 10.7 Å². The molecule has 2 heterocycles. The number of aryl methyl sites for hydroxylation is 1. The van der Waals surface area contributed by atoms with E-state index in [4.69, 9.17) is 4.42 Å². The number of carbonyl (C=O) groups is 1. The zero-order valence-electron chi connectivity index (χ0n) is 12.6. The molecule has 1 fully saturated rings. The molecule has 1 aromatic heterocycles. The van der Waals surface area contributed by atoms with Crippen molar-refractivity contribution in [3.8, 4) is 0 Å². The van der Waals surface area contributed by atoms with Crippen LogP contribution in [0.1, 0.15) is 25.7 Å². The molecule has 8 heteroatoms. The van der Waals surface area contributed by atoms with Gasteiger partial charge in [-0.15, -0.1) is 0 Å². The third-order valence-corrected chi connectivity index (χ3v) is 4.09. The molecule has 8 nitrogen and oxygen atoms in total. The largest absolute Gasteiger partial charge is 0.419 e. The fourth-order valence-electron chi connectivity index (χ4n) is 2.89. The summed E-state index contributed by atoms with van der Waals surface area (Å²) in [5, 5.41) is 10.7. The highest BCUT2D eigenvalue weighted by molar-refractivity contribution is 5.77. The van der Waals surface area contributed by atoms with Crippen LogP contribution in [0, 0.1) is 10.1 Å². The number of oxazole rings is 1. The van der Waals surface area contributed by atoms with E-state index in [1.807, 2.05) is 4.90 Å². The smallest absolute Gasteiger partial charge is 0.407 e. The molecule has 0 atom stereocenters. The number of benzene rings is 1. The molecule has 0 radical (unpaired) electrons. The first-order valence-corrected chi connectivity index (χ1v) is 7.62. The maximum absolute atomic E-state index is 12.0. The Morgan fingerprint density at radius 1 is 1.30 bits per heavy atom. The number of likely N-dealkylation sites (tertiary alicyclic amines) is 1. The van der Waals surface area contributed by atoms with Crippen molar-refractivity contribution in [2.24, 2.45) is 0 Å². The van der Waals surface area contributed by atoms with E-state index in [2.05, 4.69) is 0 Å². The Labute approximate surface area is 131 Å². The Morgan fingerprint density at radius 3 is 2.74 bits per heavy atom. The number of amides is 1. The fraction of sp³-hybridized carbons (Fsp3) is 0.467. The van der Waals surface area contributed by atoms with Crippen LogP contribution in [0.15, 0.2) is 27.4 Å². The normalized spacial score (nSPS) is 14.5. The first-order chi connectivity index (χ1) is 11.1. The molecule has 3 rings (SSSR count). The van der Waals surface area contributed by atoms with Crippen molar-refractivity contribution >= 4 is 22.7 Å². The van der Waals surface area contributed by atoms with Gasteiger partial charge < -0.3 is 9.32 Å². The molecule has 1 saturated heterocycles. The number of nitrogens with zero attached hydrogens (tertiary/aromatic N) is 3. The second-order valence-corrected chi connectivity index (χ2v) is 5.62. The van der Waals surface area contributed by atoms with Gasteiger partial charge in [-0.1, -0.05) is 0 Å². The highest BCUT2D eigenvalue weighted by atomic mass is 16.6. The van der Waals surface area contributed by atoms with Crippen LogP contribution in [-0.2, 0) is 11.3 Å². The zero-order valence-corrected chi connectivity index (χ0v) is 12.6. The molecule has 1 amide bonds. The van der Waals surface area contributed by atoms with Gasteiger partial charge in [-0.25, -0.2) is 4.79 Å². The summed E-state index contributed by atoms with van der Waals surface area (Å²) in [5.74, 6) is -0.451. The van der Waals surface area contributed by atoms with Gasteiger partial charge in [-0.3, -0.25) is 19.5 Å². The molecule has 0 N–H and O–H groups in total. The van der Waals surface area contributed by atoms with Gasteiger partial charge in [0.25, 0.3) is 5.69 Å². The Bertz CT molecular complexity index is 801. The minimum absolute atomic E-state index is 0.110. The number of aromatic nitrogens is 1. The fourth-order valence-corrected chi connectivity index (χ4v) is 2.89. The quantitative estimate of drug-likeness (QED) is 0.619. The zero-order chi connectivity index (χ0) is 16.4. The summed E-state index contributed by atoms with van der Waals surface area (Å²) in [6.45, 7) is 1.98. The standard InChI is InChI=1S/C15H17N3O5/c19-14(16-7-1-2-8-16)4-3-9-17-12-6-5-11(18(21)22)10-13(12)23-15(17)20/h5-6,10H,1-4,7-9H2. The SMILES string of the molecule is O=C(CCCn1c(=O)oc2cc([N+](=O)[O-])ccc21)N1CCCC1. The number of nitro groups is 1. The van der Waals surface area contributed by atoms with E-state index in [1.54, 1.807) is 0 Å². The minimum Gasteiger partial charge on any atom is -0.407 e. The predicted octanol–water partition coefficient (Wildman–Crippen LogP) is 1.91. The maximum atomic E-state index is 12.0. The molecule has 122 valence electrons. The van der Waals surface area contributed by atoms with E-state index in [1.165, 1.54) is 22.8 Å². The monoisotopic (exact) mass is 319 g/mol. The van der Waals surface area contributed by atoms with E-state index in [9.17, 15) is 19.7 Å². The summed E-state index contributed by atoms with van der Waals surface area (Å²) in [5.41, 5.74) is 0.576. The second-order valence-electron chi connectivity index (χ2n) is 5.62. The Kier molecular flexibility index (Phi) is 4.14. The molecule has 0 bridgehead atoms. The van der Waals surface area contributed by atoms with Crippen molar-refractivity contribution in [2.75, 3.05) is 13.1 Å². The Balaban J connectivity index is 1.70. The minimum atomic E-state index is -0.561. The van der Waals surface area contributed by atoms with Crippen LogP contribution >= 0.6 is 0 Å². The maximum Gasteiger partial charge on any atom is 0.419 e. The molecule has 1 aliphatic rings. The second kappa shape index (κ2) is 6.23. The summed E-state index contributed by atoms with van der Waals surface area (Å²) in [4.78, 5) is 35.9. The lowest BCUT2D eigenvalue weighted by molar-refractivity contribution is -0.384. The lowest BCUT2D eigenvalue weighted by Gasteiger charge is -2.14. The summed E-state index contributed by atoms with van der Waals surface area (Å²) in [6, 6.07) is 4.08. The van der Waals surface area contributed by atoms with Gasteiger partial charge in [0.05, 0.1) is 16.5 Å². The summed E-state index contributed by atoms with van der Waals surface area (Å²) < 4.78 is 6.47. The average Bonchev–Trinajstić information content (AvgIpc) is 3.15. The van der Waals surface area contributed by atoms with E-state index in [-0.39, 0.29) is 17.2 Å². The van der Waals surface area contributed by atoms with Gasteiger partial charge in [-0.05, 0) is 25.3 Å². The van der Waals surface area contributed by atoms with Crippen molar-refractivity contribution < 1.29 is 14.1 Å². The van der Waals surface area contributed by atoms with Gasteiger partial charge in [0, 0.05) is 32.1 Å². The Hall–Kier alpha value is -2.64. The Morgan fingerprint density at radius 2 is 2.04 bits per heavy atom. The van der Waals surface area contributed by atoms with Crippen molar-refractivity contribution in [1.29, 1.82) is 0 Å². The predicted molar refractivity (Wildman–Crippen MR) is 82.2 cm³/mol. The third-order valence-electron chi connectivity index (χ3n) is 4.09. The van der Waals surface area contributed by atoms with Crippen LogP contribution in [0.4, 0.5) is 5.69 Å². The van der Waals surface area contributed by atoms with E-state index in [0.717, 1.165) is 25.9 Å². The summed E-state index contributed by atoms with van der Waals surface area (Å²) in [6.07, 6.45) is 3.01. The third kappa shape index (κ3) is 3.10. The van der Waals surface area contributed by atoms with Crippen molar-refractivity contribution in [3.05, 3.63) is 38.9 Å². The van der Waals surface area contributed by atoms with Crippen molar-refractivity contribution in [3.63, 3.8) is 0 Å². The number of nitro benzene ring substituents is 1. The van der Waals surface area contributed by atoms with Crippen LogP contribution in [0.5, 0.6) is 0 Å². The number of rotatable bonds is 5. The van der Waals surface area contributed by atoms with Gasteiger partial charge in [0.15, 0.2) is 5.58 Å². The number of non-ortho nitro benzene ring substituents is 1. The number of fused-ring (bicyclic) bond motifs is 1. The first-order valence-electron chi connectivity index (χ1n) is 7.62. The van der Waals surface area contributed by atoms with Crippen LogP contribution < -0.4 is 5.76 Å². The number of hydrogen-bond acceptors (Lipinski definition) is 5. The molecule has 23 heavy (non-hydrogen) atoms. The van der Waals surface area contributed by atoms with Gasteiger partial charge in [0.2, 0.25) is 5.91 Å². The van der Waals surface area contributed by atoms with Gasteiger partial charge in [0.1, 0.15) is 0 Å². The molecule has 0 spiro atoms. The number of hydrogen-bond donors (Lipinski definition) is 0. The lowest BCUT2D eigenvalue weighted by atomic mass is 10.2. The molecule has 0 unspecified atom stereocenters. The highest BCUT2D eigenvalue weighted by Crippen LogP contribution is 2.20. The topological polar surface area (TPSA) is 98.6 Å². The number of carbonyl (C=O) groups excluding carboxylic acids is 1. The first kappa shape index (κ1) is 15.3. The van der Waals surface area contributed by atoms with Crippen LogP contribution in [0.25, 0.3) is 11.1 Å². The van der Waals surface area contributed by atoms with Crippen molar-refractivity contribution in [2.45, 2.75) is 32.2 Å². The van der Waals surface area contributed by atoms with E-state index in [0.29, 0.717) is 24.9 Å². The molecule has 1 aromatic carbocycles. The average molecular weight is 319 g/mol.